The van der Waals surface area contributed by atoms with Crippen molar-refractivity contribution in [3.05, 3.63) is 65.2 Å². The number of amides is 1. The van der Waals surface area contributed by atoms with Crippen molar-refractivity contribution in [2.45, 2.75) is 30.6 Å². The van der Waals surface area contributed by atoms with Crippen LogP contribution < -0.4 is 5.73 Å². The molecule has 8 atom stereocenters. The van der Waals surface area contributed by atoms with Crippen LogP contribution in [0, 0.1) is 23.7 Å². The highest BCUT2D eigenvalue weighted by Crippen LogP contribution is 2.55. The molecule has 3 aliphatic rings. The Bertz CT molecular complexity index is 1830. The number of nitrogens with zero attached hydrogens (tertiary/aromatic N) is 1. The maximum atomic E-state index is 14.2. The largest absolute Gasteiger partial charge is 0.507 e. The van der Waals surface area contributed by atoms with Gasteiger partial charge in [-0.3, -0.25) is 33.7 Å². The van der Waals surface area contributed by atoms with Gasteiger partial charge in [0, 0.05) is 17.0 Å². The third-order valence-electron chi connectivity index (χ3n) is 9.86. The Kier molecular flexibility index (Phi) is 6.69. The molecule has 2 fully saturated rings. The molecule has 2 saturated carbocycles. The van der Waals surface area contributed by atoms with E-state index in [4.69, 9.17) is 5.73 Å². The van der Waals surface area contributed by atoms with Gasteiger partial charge in [-0.2, -0.15) is 0 Å². The minimum atomic E-state index is -3.07. The lowest BCUT2D eigenvalue weighted by Crippen LogP contribution is -2.77. The SMILES string of the molecule is C[C@H]1c2ccc(-c3ccc(C=O)c4ccccc34)c(O)c2C(=O)C2C(=O)[C@]3(O)C(=O)C(C(N)=O)C(=O)[C@@H](N(C)C)[C@@H]3[C@@H](O)[C@@H]21. The number of benzene rings is 3. The Morgan fingerprint density at radius 1 is 0.955 bits per heavy atom. The second kappa shape index (κ2) is 9.98. The van der Waals surface area contributed by atoms with E-state index in [1.807, 2.05) is 0 Å². The number of aldehydes is 1. The Labute approximate surface area is 251 Å². The van der Waals surface area contributed by atoms with Crippen molar-refractivity contribution in [1.82, 2.24) is 4.90 Å². The zero-order valence-electron chi connectivity index (χ0n) is 24.1. The molecule has 1 amide bonds. The molecule has 3 aliphatic carbocycles. The van der Waals surface area contributed by atoms with Crippen LogP contribution in [0.15, 0.2) is 48.5 Å². The van der Waals surface area contributed by atoms with Crippen LogP contribution in [0.1, 0.15) is 39.1 Å². The number of aliphatic hydroxyl groups excluding tert-OH is 1. The van der Waals surface area contributed by atoms with Gasteiger partial charge in [-0.15, -0.1) is 0 Å². The lowest BCUT2D eigenvalue weighted by molar-refractivity contribution is -0.196. The number of carbonyl (C=O) groups excluding carboxylic acids is 6. The highest BCUT2D eigenvalue weighted by Gasteiger charge is 2.72. The standard InChI is InChI=1S/C33H30N2O9/c1-13-15-10-11-19(18-9-8-14(12-36)16-6-4-5-7-17(16)18)26(37)21(15)27(38)22-20(13)28(39)24-25(35(2)3)29(40)23(32(34)43)31(42)33(24,44)30(22)41/h4-13,20,22-25,28,37,39,44H,1-3H3,(H2,34,43)/t13-,20+,22?,23?,24+,25-,28-,33-/m0/s1. The van der Waals surface area contributed by atoms with Crippen molar-refractivity contribution in [3.8, 4) is 16.9 Å². The average molecular weight is 599 g/mol. The first-order valence-electron chi connectivity index (χ1n) is 14.1. The summed E-state index contributed by atoms with van der Waals surface area (Å²) in [5.41, 5.74) is 3.63. The van der Waals surface area contributed by atoms with E-state index in [-0.39, 0.29) is 11.1 Å². The van der Waals surface area contributed by atoms with E-state index in [0.717, 1.165) is 0 Å². The number of aliphatic hydroxyl groups is 2. The zero-order valence-corrected chi connectivity index (χ0v) is 24.1. The van der Waals surface area contributed by atoms with Gasteiger partial charge < -0.3 is 21.1 Å². The third kappa shape index (κ3) is 3.66. The minimum absolute atomic E-state index is 0.197. The molecule has 3 aromatic rings. The molecule has 0 aromatic heterocycles. The van der Waals surface area contributed by atoms with Crippen molar-refractivity contribution >= 4 is 46.1 Å². The number of phenols is 1. The summed E-state index contributed by atoms with van der Waals surface area (Å²) in [5.74, 6) is -13.9. The molecule has 0 radical (unpaired) electrons. The first-order chi connectivity index (χ1) is 20.8. The maximum absolute atomic E-state index is 14.2. The van der Waals surface area contributed by atoms with Crippen molar-refractivity contribution in [2.75, 3.05) is 14.1 Å². The monoisotopic (exact) mass is 598 g/mol. The quantitative estimate of drug-likeness (QED) is 0.249. The fourth-order valence-electron chi connectivity index (χ4n) is 7.87. The number of hydrogen-bond donors (Lipinski definition) is 4. The molecule has 2 unspecified atom stereocenters. The number of hydrogen-bond acceptors (Lipinski definition) is 10. The Balaban J connectivity index is 1.54. The summed E-state index contributed by atoms with van der Waals surface area (Å²) >= 11 is 0. The van der Waals surface area contributed by atoms with E-state index in [1.54, 1.807) is 55.5 Å². The maximum Gasteiger partial charge on any atom is 0.235 e. The van der Waals surface area contributed by atoms with Crippen LogP contribution in [0.5, 0.6) is 5.75 Å². The number of rotatable bonds is 4. The Hall–Kier alpha value is -4.58. The molecular formula is C33H30N2O9. The van der Waals surface area contributed by atoms with E-state index in [9.17, 15) is 44.1 Å². The van der Waals surface area contributed by atoms with Gasteiger partial charge in [0.15, 0.2) is 40.9 Å². The van der Waals surface area contributed by atoms with Crippen LogP contribution in [0.25, 0.3) is 21.9 Å². The molecule has 0 bridgehead atoms. The molecule has 5 N–H and O–H groups in total. The van der Waals surface area contributed by atoms with Gasteiger partial charge in [0.25, 0.3) is 0 Å². The summed E-state index contributed by atoms with van der Waals surface area (Å²) in [6.45, 7) is 1.65. The first-order valence-corrected chi connectivity index (χ1v) is 14.1. The number of ketones is 4. The summed E-state index contributed by atoms with van der Waals surface area (Å²) in [4.78, 5) is 80.4. The fourth-order valence-corrected chi connectivity index (χ4v) is 7.87. The number of primary amides is 1. The number of Topliss-reactive ketones (excluding diaryl/α,β-unsaturated/α-hetero) is 4. The van der Waals surface area contributed by atoms with E-state index < -0.39 is 82.1 Å². The highest BCUT2D eigenvalue weighted by atomic mass is 16.3. The number of fused-ring (bicyclic) bond motifs is 4. The topological polar surface area (TPSA) is 192 Å². The van der Waals surface area contributed by atoms with Gasteiger partial charge in [0.05, 0.1) is 29.5 Å². The van der Waals surface area contributed by atoms with Crippen molar-refractivity contribution in [3.63, 3.8) is 0 Å². The highest BCUT2D eigenvalue weighted by molar-refractivity contribution is 6.32. The van der Waals surface area contributed by atoms with Crippen molar-refractivity contribution in [1.29, 1.82) is 0 Å². The third-order valence-corrected chi connectivity index (χ3v) is 9.86. The van der Waals surface area contributed by atoms with E-state index in [0.29, 0.717) is 33.7 Å². The van der Waals surface area contributed by atoms with E-state index in [1.165, 1.54) is 19.0 Å². The number of phenolic OH excluding ortho intramolecular Hbond substituents is 1. The van der Waals surface area contributed by atoms with Crippen LogP contribution in [-0.2, 0) is 19.2 Å². The number of aromatic hydroxyl groups is 1. The fraction of sp³-hybridized carbons (Fsp3) is 0.333. The number of carbonyl (C=O) groups is 6. The predicted molar refractivity (Wildman–Crippen MR) is 156 cm³/mol. The smallest absolute Gasteiger partial charge is 0.235 e. The molecule has 11 heteroatoms. The first kappa shape index (κ1) is 29.5. The molecule has 0 aliphatic heterocycles. The molecule has 226 valence electrons. The van der Waals surface area contributed by atoms with Gasteiger partial charge in [-0.25, -0.2) is 0 Å². The number of likely N-dealkylation sites (N-methyl/N-ethyl adjacent to an activating group) is 1. The molecule has 3 aromatic carbocycles. The van der Waals surface area contributed by atoms with Crippen LogP contribution in [0.4, 0.5) is 0 Å². The van der Waals surface area contributed by atoms with Gasteiger partial charge in [-0.05, 0) is 41.9 Å². The van der Waals surface area contributed by atoms with Gasteiger partial charge >= 0.3 is 0 Å². The Morgan fingerprint density at radius 3 is 2.20 bits per heavy atom. The molecule has 6 rings (SSSR count). The summed E-state index contributed by atoms with van der Waals surface area (Å²) in [6.07, 6.45) is -0.989. The minimum Gasteiger partial charge on any atom is -0.507 e. The predicted octanol–water partition coefficient (Wildman–Crippen LogP) is 1.03. The average Bonchev–Trinajstić information content (AvgIpc) is 2.98. The lowest BCUT2D eigenvalue weighted by atomic mass is 9.49. The van der Waals surface area contributed by atoms with E-state index in [2.05, 4.69) is 0 Å². The second-order valence-electron chi connectivity index (χ2n) is 12.2. The molecule has 0 saturated heterocycles. The van der Waals surface area contributed by atoms with Crippen LogP contribution >= 0.6 is 0 Å². The lowest BCUT2D eigenvalue weighted by Gasteiger charge is -2.56. The zero-order chi connectivity index (χ0) is 32.0. The van der Waals surface area contributed by atoms with Crippen LogP contribution in [0.3, 0.4) is 0 Å². The van der Waals surface area contributed by atoms with Crippen molar-refractivity contribution in [2.24, 2.45) is 29.4 Å². The van der Waals surface area contributed by atoms with Crippen LogP contribution in [-0.4, -0.2) is 87.4 Å². The van der Waals surface area contributed by atoms with E-state index >= 15 is 0 Å². The summed E-state index contributed by atoms with van der Waals surface area (Å²) in [6, 6.07) is 12.1. The second-order valence-corrected chi connectivity index (χ2v) is 12.2. The van der Waals surface area contributed by atoms with Gasteiger partial charge in [0.1, 0.15) is 5.75 Å². The number of nitrogens with two attached hydrogens (primary N) is 1. The molecule has 0 spiro atoms. The van der Waals surface area contributed by atoms with Gasteiger partial charge in [0.2, 0.25) is 5.91 Å². The molecule has 0 heterocycles. The Morgan fingerprint density at radius 2 is 1.59 bits per heavy atom. The summed E-state index contributed by atoms with van der Waals surface area (Å²) in [7, 11) is 2.88. The summed E-state index contributed by atoms with van der Waals surface area (Å²) in [5, 5.41) is 36.4. The molecular weight excluding hydrogens is 568 g/mol. The molecule has 44 heavy (non-hydrogen) atoms. The summed E-state index contributed by atoms with van der Waals surface area (Å²) < 4.78 is 0. The van der Waals surface area contributed by atoms with Gasteiger partial charge in [-0.1, -0.05) is 55.5 Å². The van der Waals surface area contributed by atoms with Crippen LogP contribution in [0.2, 0.25) is 0 Å². The van der Waals surface area contributed by atoms with Crippen molar-refractivity contribution < 1.29 is 44.1 Å². The normalized spacial score (nSPS) is 31.5. The molecule has 11 nitrogen and oxygen atoms in total.